The molecule has 0 aliphatic rings. The molecular formula is C24H24N2O2. The predicted molar refractivity (Wildman–Crippen MR) is 114 cm³/mol. The molecule has 0 unspecified atom stereocenters. The van der Waals surface area contributed by atoms with Crippen molar-refractivity contribution in [3.05, 3.63) is 95.1 Å². The Morgan fingerprint density at radius 3 is 2.21 bits per heavy atom. The minimum Gasteiger partial charge on any atom is -0.326 e. The van der Waals surface area contributed by atoms with Gasteiger partial charge in [0, 0.05) is 16.9 Å². The molecule has 0 saturated heterocycles. The van der Waals surface area contributed by atoms with Gasteiger partial charge in [-0.05, 0) is 54.3 Å². The molecule has 0 radical (unpaired) electrons. The summed E-state index contributed by atoms with van der Waals surface area (Å²) in [6.07, 6.45) is 1.17. The zero-order valence-corrected chi connectivity index (χ0v) is 16.2. The van der Waals surface area contributed by atoms with E-state index in [4.69, 9.17) is 0 Å². The molecule has 0 saturated carbocycles. The molecule has 3 aromatic rings. The van der Waals surface area contributed by atoms with Crippen LogP contribution in [0.1, 0.15) is 34.0 Å². The Balaban J connectivity index is 1.64. The fourth-order valence-electron chi connectivity index (χ4n) is 3.08. The highest BCUT2D eigenvalue weighted by Gasteiger charge is 2.11. The molecule has 3 rings (SSSR count). The van der Waals surface area contributed by atoms with Crippen LogP contribution in [0.5, 0.6) is 0 Å². The Morgan fingerprint density at radius 1 is 0.821 bits per heavy atom. The minimum atomic E-state index is -0.161. The maximum absolute atomic E-state index is 12.6. The summed E-state index contributed by atoms with van der Waals surface area (Å²) in [7, 11) is 0. The molecule has 0 heterocycles. The van der Waals surface area contributed by atoms with Gasteiger partial charge in [0.05, 0.1) is 6.42 Å². The monoisotopic (exact) mass is 372 g/mol. The topological polar surface area (TPSA) is 58.2 Å². The number of para-hydroxylation sites is 1. The number of hydrogen-bond donors (Lipinski definition) is 2. The van der Waals surface area contributed by atoms with Crippen LogP contribution in [0, 0.1) is 6.92 Å². The van der Waals surface area contributed by atoms with E-state index in [0.717, 1.165) is 28.8 Å². The van der Waals surface area contributed by atoms with Crippen LogP contribution in [-0.2, 0) is 17.6 Å². The molecule has 2 amide bonds. The van der Waals surface area contributed by atoms with Gasteiger partial charge < -0.3 is 10.6 Å². The zero-order valence-electron chi connectivity index (χ0n) is 16.2. The minimum absolute atomic E-state index is 0.0871. The first-order valence-electron chi connectivity index (χ1n) is 9.40. The largest absolute Gasteiger partial charge is 0.326 e. The normalized spacial score (nSPS) is 10.4. The smallest absolute Gasteiger partial charge is 0.255 e. The Hall–Kier alpha value is -3.40. The molecule has 0 aliphatic heterocycles. The summed E-state index contributed by atoms with van der Waals surface area (Å²) < 4.78 is 0. The molecule has 28 heavy (non-hydrogen) atoms. The van der Waals surface area contributed by atoms with Gasteiger partial charge in [0.1, 0.15) is 0 Å². The van der Waals surface area contributed by atoms with Crippen LogP contribution >= 0.6 is 0 Å². The van der Waals surface area contributed by atoms with Gasteiger partial charge in [0.25, 0.3) is 5.91 Å². The number of amides is 2. The number of hydrogen-bond acceptors (Lipinski definition) is 2. The third-order valence-corrected chi connectivity index (χ3v) is 4.62. The average Bonchev–Trinajstić information content (AvgIpc) is 2.70. The number of carbonyl (C=O) groups is 2. The quantitative estimate of drug-likeness (QED) is 0.640. The summed E-state index contributed by atoms with van der Waals surface area (Å²) in [4.78, 5) is 24.8. The Bertz CT molecular complexity index is 964. The van der Waals surface area contributed by atoms with Crippen LogP contribution < -0.4 is 10.6 Å². The number of rotatable bonds is 6. The van der Waals surface area contributed by atoms with Crippen LogP contribution in [0.2, 0.25) is 0 Å². The fraction of sp³-hybridized carbons (Fsp3) is 0.167. The van der Waals surface area contributed by atoms with E-state index in [1.165, 1.54) is 0 Å². The van der Waals surface area contributed by atoms with Gasteiger partial charge in [-0.25, -0.2) is 0 Å². The highest BCUT2D eigenvalue weighted by Crippen LogP contribution is 2.22. The number of nitrogens with one attached hydrogen (secondary N) is 2. The van der Waals surface area contributed by atoms with E-state index >= 15 is 0 Å². The van der Waals surface area contributed by atoms with E-state index in [1.807, 2.05) is 55.5 Å². The lowest BCUT2D eigenvalue weighted by Gasteiger charge is -2.13. The zero-order chi connectivity index (χ0) is 19.9. The van der Waals surface area contributed by atoms with E-state index in [2.05, 4.69) is 17.6 Å². The van der Waals surface area contributed by atoms with Crippen molar-refractivity contribution in [2.24, 2.45) is 0 Å². The van der Waals surface area contributed by atoms with Crippen molar-refractivity contribution in [3.63, 3.8) is 0 Å². The summed E-state index contributed by atoms with van der Waals surface area (Å²) in [5.41, 5.74) is 5.20. The van der Waals surface area contributed by atoms with E-state index in [9.17, 15) is 9.59 Å². The number of benzene rings is 3. The summed E-state index contributed by atoms with van der Waals surface area (Å²) in [5, 5.41) is 5.88. The molecule has 0 bridgehead atoms. The van der Waals surface area contributed by atoms with Crippen molar-refractivity contribution in [3.8, 4) is 0 Å². The summed E-state index contributed by atoms with van der Waals surface area (Å²) in [6.45, 7) is 4.05. The van der Waals surface area contributed by atoms with Gasteiger partial charge in [0.2, 0.25) is 5.91 Å². The third kappa shape index (κ3) is 4.86. The molecule has 0 spiro atoms. The van der Waals surface area contributed by atoms with E-state index < -0.39 is 0 Å². The Morgan fingerprint density at radius 2 is 1.54 bits per heavy atom. The highest BCUT2D eigenvalue weighted by molar-refractivity contribution is 6.05. The molecule has 0 fully saturated rings. The summed E-state index contributed by atoms with van der Waals surface area (Å²) in [6, 6.07) is 22.5. The van der Waals surface area contributed by atoms with Crippen LogP contribution in [0.25, 0.3) is 0 Å². The van der Waals surface area contributed by atoms with Gasteiger partial charge in [0.15, 0.2) is 0 Å². The highest BCUT2D eigenvalue weighted by atomic mass is 16.2. The van der Waals surface area contributed by atoms with E-state index in [1.54, 1.807) is 24.3 Å². The van der Waals surface area contributed by atoms with Crippen LogP contribution in [-0.4, -0.2) is 11.8 Å². The predicted octanol–water partition coefficient (Wildman–Crippen LogP) is 4.99. The standard InChI is InChI=1S/C24H24N2O2/c1-3-19-11-7-8-17(2)23(19)26-24(28)20-12-14-21(15-13-20)25-22(27)16-18-9-5-4-6-10-18/h4-15H,3,16H2,1-2H3,(H,25,27)(H,26,28). The maximum Gasteiger partial charge on any atom is 0.255 e. The second-order valence-electron chi connectivity index (χ2n) is 6.70. The number of carbonyl (C=O) groups excluding carboxylic acids is 2. The molecule has 142 valence electrons. The Labute approximate surface area is 165 Å². The van der Waals surface area contributed by atoms with Crippen molar-refractivity contribution in [1.82, 2.24) is 0 Å². The number of anilines is 2. The molecule has 0 atom stereocenters. The van der Waals surface area contributed by atoms with Crippen molar-refractivity contribution >= 4 is 23.2 Å². The van der Waals surface area contributed by atoms with Crippen molar-refractivity contribution in [1.29, 1.82) is 0 Å². The first-order valence-corrected chi connectivity index (χ1v) is 9.40. The molecular weight excluding hydrogens is 348 g/mol. The Kier molecular flexibility index (Phi) is 6.22. The van der Waals surface area contributed by atoms with Gasteiger partial charge in [-0.3, -0.25) is 9.59 Å². The second kappa shape index (κ2) is 9.00. The molecule has 4 nitrogen and oxygen atoms in total. The van der Waals surface area contributed by atoms with Crippen molar-refractivity contribution in [2.45, 2.75) is 26.7 Å². The van der Waals surface area contributed by atoms with Crippen molar-refractivity contribution < 1.29 is 9.59 Å². The lowest BCUT2D eigenvalue weighted by atomic mass is 10.1. The molecule has 4 heteroatoms. The maximum atomic E-state index is 12.6. The second-order valence-corrected chi connectivity index (χ2v) is 6.70. The molecule has 0 aliphatic carbocycles. The lowest BCUT2D eigenvalue weighted by molar-refractivity contribution is -0.115. The summed E-state index contributed by atoms with van der Waals surface area (Å²) >= 11 is 0. The van der Waals surface area contributed by atoms with E-state index in [-0.39, 0.29) is 11.8 Å². The van der Waals surface area contributed by atoms with Crippen LogP contribution in [0.3, 0.4) is 0 Å². The van der Waals surface area contributed by atoms with Gasteiger partial charge >= 0.3 is 0 Å². The lowest BCUT2D eigenvalue weighted by Crippen LogP contribution is -2.16. The first kappa shape index (κ1) is 19.4. The van der Waals surface area contributed by atoms with Gasteiger partial charge in [-0.1, -0.05) is 55.5 Å². The molecule has 0 aromatic heterocycles. The number of aryl methyl sites for hydroxylation is 2. The van der Waals surface area contributed by atoms with Gasteiger partial charge in [-0.15, -0.1) is 0 Å². The van der Waals surface area contributed by atoms with Crippen LogP contribution in [0.4, 0.5) is 11.4 Å². The first-order chi connectivity index (χ1) is 13.6. The van der Waals surface area contributed by atoms with E-state index in [0.29, 0.717) is 17.7 Å². The molecule has 2 N–H and O–H groups in total. The molecule has 3 aromatic carbocycles. The fourth-order valence-corrected chi connectivity index (χ4v) is 3.08. The van der Waals surface area contributed by atoms with Crippen LogP contribution in [0.15, 0.2) is 72.8 Å². The van der Waals surface area contributed by atoms with Crippen molar-refractivity contribution in [2.75, 3.05) is 10.6 Å². The third-order valence-electron chi connectivity index (χ3n) is 4.62. The van der Waals surface area contributed by atoms with Gasteiger partial charge in [-0.2, -0.15) is 0 Å². The summed E-state index contributed by atoms with van der Waals surface area (Å²) in [5.74, 6) is -0.248. The SMILES string of the molecule is CCc1cccc(C)c1NC(=O)c1ccc(NC(=O)Cc2ccccc2)cc1. The average molecular weight is 372 g/mol.